The Balaban J connectivity index is 1.58. The molecule has 3 aromatic rings. The summed E-state index contributed by atoms with van der Waals surface area (Å²) in [5, 5.41) is 11.3. The molecule has 0 unspecified atom stereocenters. The third-order valence-electron chi connectivity index (χ3n) is 5.05. The van der Waals surface area contributed by atoms with Gasteiger partial charge in [0.2, 0.25) is 5.90 Å². The maximum atomic E-state index is 12.5. The molecule has 0 radical (unpaired) electrons. The van der Waals surface area contributed by atoms with Crippen LogP contribution in [0.5, 0.6) is 11.5 Å². The Bertz CT molecular complexity index is 1430. The summed E-state index contributed by atoms with van der Waals surface area (Å²) in [6.07, 6.45) is 1.48. The summed E-state index contributed by atoms with van der Waals surface area (Å²) >= 11 is 6.05. The zero-order valence-electron chi connectivity index (χ0n) is 18.5. The lowest BCUT2D eigenvalue weighted by Gasteiger charge is -2.10. The van der Waals surface area contributed by atoms with E-state index >= 15 is 0 Å². The molecular formula is C25H17ClN2O7. The van der Waals surface area contributed by atoms with Gasteiger partial charge in [-0.2, -0.15) is 0 Å². The van der Waals surface area contributed by atoms with Crippen LogP contribution in [-0.4, -0.2) is 29.9 Å². The molecule has 3 aromatic carbocycles. The van der Waals surface area contributed by atoms with Gasteiger partial charge in [0, 0.05) is 17.2 Å². The largest absolute Gasteiger partial charge is 0.493 e. The predicted octanol–water partition coefficient (Wildman–Crippen LogP) is 5.13. The Labute approximate surface area is 204 Å². The lowest BCUT2D eigenvalue weighted by molar-refractivity contribution is -0.385. The molecule has 0 saturated heterocycles. The number of esters is 2. The standard InChI is InChI=1S/C25H17ClN2O7/c1-14-11-16(8-9-20(14)28(31)32)23-27-19(25(30)35-23)12-15-7-10-21(22(13-15)33-2)34-24(29)17-5-3-4-6-18(17)26/h3-13H,1-2H3. The van der Waals surface area contributed by atoms with E-state index in [4.69, 9.17) is 25.8 Å². The van der Waals surface area contributed by atoms with Crippen molar-refractivity contribution in [2.45, 2.75) is 6.92 Å². The molecule has 9 nitrogen and oxygen atoms in total. The first-order chi connectivity index (χ1) is 16.8. The minimum absolute atomic E-state index is 0.0267. The molecular weight excluding hydrogens is 476 g/mol. The number of nitrogens with zero attached hydrogens (tertiary/aromatic N) is 2. The van der Waals surface area contributed by atoms with Crippen LogP contribution in [0, 0.1) is 17.0 Å². The van der Waals surface area contributed by atoms with Crippen molar-refractivity contribution in [2.75, 3.05) is 7.11 Å². The number of rotatable bonds is 6. The number of ether oxygens (including phenoxy) is 3. The number of methoxy groups -OCH3 is 1. The van der Waals surface area contributed by atoms with Gasteiger partial charge in [0.1, 0.15) is 0 Å². The van der Waals surface area contributed by atoms with Gasteiger partial charge in [0.05, 0.1) is 22.6 Å². The lowest BCUT2D eigenvalue weighted by Crippen LogP contribution is -2.09. The second-order valence-electron chi connectivity index (χ2n) is 7.37. The van der Waals surface area contributed by atoms with E-state index in [1.807, 2.05) is 0 Å². The van der Waals surface area contributed by atoms with Crippen LogP contribution in [0.3, 0.4) is 0 Å². The molecule has 0 spiro atoms. The Morgan fingerprint density at radius 3 is 2.57 bits per heavy atom. The van der Waals surface area contributed by atoms with Crippen LogP contribution in [0.15, 0.2) is 71.4 Å². The Hall–Kier alpha value is -4.50. The molecule has 0 aromatic heterocycles. The fraction of sp³-hybridized carbons (Fsp3) is 0.0800. The first-order valence-electron chi connectivity index (χ1n) is 10.2. The fourth-order valence-electron chi connectivity index (χ4n) is 3.32. The van der Waals surface area contributed by atoms with Crippen LogP contribution < -0.4 is 9.47 Å². The molecule has 0 bridgehead atoms. The smallest absolute Gasteiger partial charge is 0.363 e. The number of nitro groups is 1. The monoisotopic (exact) mass is 492 g/mol. The van der Waals surface area contributed by atoms with Crippen LogP contribution in [0.1, 0.15) is 27.0 Å². The minimum Gasteiger partial charge on any atom is -0.493 e. The van der Waals surface area contributed by atoms with Crippen molar-refractivity contribution in [1.29, 1.82) is 0 Å². The molecule has 0 atom stereocenters. The van der Waals surface area contributed by atoms with Crippen molar-refractivity contribution in [2.24, 2.45) is 4.99 Å². The summed E-state index contributed by atoms with van der Waals surface area (Å²) < 4.78 is 16.0. The molecule has 1 aliphatic heterocycles. The highest BCUT2D eigenvalue weighted by Crippen LogP contribution is 2.31. The fourth-order valence-corrected chi connectivity index (χ4v) is 3.54. The number of cyclic esters (lactones) is 1. The number of aliphatic imine (C=N–C) groups is 1. The van der Waals surface area contributed by atoms with Crippen molar-refractivity contribution in [3.8, 4) is 11.5 Å². The highest BCUT2D eigenvalue weighted by molar-refractivity contribution is 6.33. The number of hydrogen-bond acceptors (Lipinski definition) is 8. The first-order valence-corrected chi connectivity index (χ1v) is 10.6. The molecule has 1 aliphatic rings. The average Bonchev–Trinajstić information content (AvgIpc) is 3.19. The van der Waals surface area contributed by atoms with Gasteiger partial charge in [0.25, 0.3) is 5.69 Å². The number of carbonyl (C=O) groups is 2. The van der Waals surface area contributed by atoms with E-state index in [2.05, 4.69) is 4.99 Å². The van der Waals surface area contributed by atoms with Gasteiger partial charge in [-0.05, 0) is 55.0 Å². The van der Waals surface area contributed by atoms with E-state index < -0.39 is 16.9 Å². The van der Waals surface area contributed by atoms with E-state index in [1.165, 1.54) is 37.5 Å². The molecule has 0 fully saturated rings. The van der Waals surface area contributed by atoms with E-state index in [9.17, 15) is 19.7 Å². The summed E-state index contributed by atoms with van der Waals surface area (Å²) in [5.41, 5.74) is 1.58. The van der Waals surface area contributed by atoms with Crippen LogP contribution in [0.4, 0.5) is 5.69 Å². The van der Waals surface area contributed by atoms with Gasteiger partial charge in [-0.15, -0.1) is 0 Å². The molecule has 10 heteroatoms. The number of hydrogen-bond donors (Lipinski definition) is 0. The van der Waals surface area contributed by atoms with Gasteiger partial charge in [-0.25, -0.2) is 14.6 Å². The predicted molar refractivity (Wildman–Crippen MR) is 128 cm³/mol. The summed E-state index contributed by atoms with van der Waals surface area (Å²) in [6.45, 7) is 1.59. The topological polar surface area (TPSA) is 117 Å². The van der Waals surface area contributed by atoms with E-state index in [0.717, 1.165) is 0 Å². The van der Waals surface area contributed by atoms with Gasteiger partial charge >= 0.3 is 11.9 Å². The normalized spacial score (nSPS) is 13.9. The molecule has 0 aliphatic carbocycles. The summed E-state index contributed by atoms with van der Waals surface area (Å²) in [4.78, 5) is 39.6. The van der Waals surface area contributed by atoms with Crippen molar-refractivity contribution < 1.29 is 28.7 Å². The zero-order chi connectivity index (χ0) is 25.1. The van der Waals surface area contributed by atoms with Crippen LogP contribution in [0.25, 0.3) is 6.08 Å². The van der Waals surface area contributed by atoms with Gasteiger partial charge in [-0.3, -0.25) is 10.1 Å². The Morgan fingerprint density at radius 2 is 1.89 bits per heavy atom. The van der Waals surface area contributed by atoms with Crippen molar-refractivity contribution in [3.63, 3.8) is 0 Å². The third-order valence-corrected chi connectivity index (χ3v) is 5.38. The van der Waals surface area contributed by atoms with Gasteiger partial charge < -0.3 is 14.2 Å². The second-order valence-corrected chi connectivity index (χ2v) is 7.78. The molecule has 4 rings (SSSR count). The average molecular weight is 493 g/mol. The maximum absolute atomic E-state index is 12.5. The van der Waals surface area contributed by atoms with Crippen LogP contribution in [0.2, 0.25) is 5.02 Å². The van der Waals surface area contributed by atoms with Gasteiger partial charge in [-0.1, -0.05) is 29.8 Å². The molecule has 0 saturated carbocycles. The summed E-state index contributed by atoms with van der Waals surface area (Å²) in [5.74, 6) is -0.867. The Morgan fingerprint density at radius 1 is 1.11 bits per heavy atom. The highest BCUT2D eigenvalue weighted by atomic mass is 35.5. The number of benzene rings is 3. The molecule has 176 valence electrons. The zero-order valence-corrected chi connectivity index (χ0v) is 19.2. The number of aryl methyl sites for hydroxylation is 1. The van der Waals surface area contributed by atoms with Crippen molar-refractivity contribution >= 4 is 41.2 Å². The minimum atomic E-state index is -0.677. The summed E-state index contributed by atoms with van der Waals surface area (Å²) in [6, 6.07) is 15.5. The Kier molecular flexibility index (Phi) is 6.61. The number of halogens is 1. The molecule has 1 heterocycles. The molecule has 0 N–H and O–H groups in total. The van der Waals surface area contributed by atoms with Crippen molar-refractivity contribution in [3.05, 3.63) is 104 Å². The SMILES string of the molecule is COc1cc(C=C2N=C(c3ccc([N+](=O)[O-])c(C)c3)OC2=O)ccc1OC(=O)c1ccccc1Cl. The second kappa shape index (κ2) is 9.78. The maximum Gasteiger partial charge on any atom is 0.363 e. The summed E-state index contributed by atoms with van der Waals surface area (Å²) in [7, 11) is 1.41. The molecule has 0 amide bonds. The van der Waals surface area contributed by atoms with Crippen LogP contribution in [-0.2, 0) is 9.53 Å². The van der Waals surface area contributed by atoms with Crippen LogP contribution >= 0.6 is 11.6 Å². The van der Waals surface area contributed by atoms with Crippen molar-refractivity contribution in [1.82, 2.24) is 0 Å². The lowest BCUT2D eigenvalue weighted by atomic mass is 10.1. The highest BCUT2D eigenvalue weighted by Gasteiger charge is 2.25. The van der Waals surface area contributed by atoms with E-state index in [1.54, 1.807) is 43.3 Å². The quantitative estimate of drug-likeness (QED) is 0.154. The first kappa shape index (κ1) is 23.7. The number of nitro benzene ring substituents is 1. The number of carbonyl (C=O) groups excluding carboxylic acids is 2. The molecule has 35 heavy (non-hydrogen) atoms. The third kappa shape index (κ3) is 5.04. The van der Waals surface area contributed by atoms with Gasteiger partial charge in [0.15, 0.2) is 17.2 Å². The van der Waals surface area contributed by atoms with E-state index in [-0.39, 0.29) is 39.4 Å². The van der Waals surface area contributed by atoms with E-state index in [0.29, 0.717) is 16.7 Å².